The number of pyridine rings is 1. The van der Waals surface area contributed by atoms with Crippen molar-refractivity contribution >= 4 is 17.5 Å². The van der Waals surface area contributed by atoms with Crippen LogP contribution in [0.5, 0.6) is 5.75 Å². The number of ether oxygens (including phenoxy) is 1. The van der Waals surface area contributed by atoms with Gasteiger partial charge in [-0.05, 0) is 43.5 Å². The fraction of sp³-hybridized carbons (Fsp3) is 0.381. The van der Waals surface area contributed by atoms with Gasteiger partial charge >= 0.3 is 0 Å². The van der Waals surface area contributed by atoms with Gasteiger partial charge < -0.3 is 19.6 Å². The van der Waals surface area contributed by atoms with E-state index in [0.717, 1.165) is 0 Å². The minimum absolute atomic E-state index is 0.0537. The molecule has 1 spiro atoms. The SMILES string of the molecule is O=C(c1cncc(O)c1)N1CCCC2(CC1)CN(c1cccc(F)c1)C(=O)CO2. The van der Waals surface area contributed by atoms with E-state index in [1.54, 1.807) is 21.9 Å². The summed E-state index contributed by atoms with van der Waals surface area (Å²) in [4.78, 5) is 32.3. The lowest BCUT2D eigenvalue weighted by atomic mass is 9.92. The van der Waals surface area contributed by atoms with Crippen LogP contribution in [-0.4, -0.2) is 58.6 Å². The molecule has 2 aliphatic rings. The van der Waals surface area contributed by atoms with Gasteiger partial charge in [-0.1, -0.05) is 6.07 Å². The number of anilines is 1. The van der Waals surface area contributed by atoms with E-state index in [2.05, 4.69) is 4.98 Å². The van der Waals surface area contributed by atoms with Gasteiger partial charge in [-0.3, -0.25) is 14.6 Å². The molecule has 0 saturated carbocycles. The lowest BCUT2D eigenvalue weighted by Crippen LogP contribution is -2.55. The molecule has 1 N–H and O–H groups in total. The number of carbonyl (C=O) groups excluding carboxylic acids is 2. The highest BCUT2D eigenvalue weighted by atomic mass is 19.1. The number of amides is 2. The van der Waals surface area contributed by atoms with Crippen molar-refractivity contribution in [2.24, 2.45) is 0 Å². The third-order valence-corrected chi connectivity index (χ3v) is 5.52. The molecule has 2 aromatic rings. The van der Waals surface area contributed by atoms with Crippen LogP contribution in [-0.2, 0) is 9.53 Å². The van der Waals surface area contributed by atoms with Gasteiger partial charge in [0.05, 0.1) is 23.9 Å². The molecule has 0 radical (unpaired) electrons. The highest BCUT2D eigenvalue weighted by Gasteiger charge is 2.42. The maximum atomic E-state index is 13.6. The van der Waals surface area contributed by atoms with E-state index in [1.165, 1.54) is 30.6 Å². The van der Waals surface area contributed by atoms with Gasteiger partial charge in [-0.25, -0.2) is 4.39 Å². The molecule has 4 rings (SSSR count). The molecule has 1 atom stereocenters. The summed E-state index contributed by atoms with van der Waals surface area (Å²) in [6.45, 7) is 1.26. The number of benzene rings is 1. The van der Waals surface area contributed by atoms with Crippen LogP contribution >= 0.6 is 0 Å². The molecular formula is C21H22FN3O4. The van der Waals surface area contributed by atoms with Crippen LogP contribution in [0.4, 0.5) is 10.1 Å². The smallest absolute Gasteiger partial charge is 0.255 e. The average Bonchev–Trinajstić information content (AvgIpc) is 2.92. The lowest BCUT2D eigenvalue weighted by molar-refractivity contribution is -0.140. The number of morpholine rings is 1. The first-order chi connectivity index (χ1) is 14.0. The molecule has 2 fully saturated rings. The molecule has 1 unspecified atom stereocenters. The summed E-state index contributed by atoms with van der Waals surface area (Å²) in [6.07, 6.45) is 4.67. The van der Waals surface area contributed by atoms with Crippen LogP contribution in [0.25, 0.3) is 0 Å². The molecule has 0 bridgehead atoms. The van der Waals surface area contributed by atoms with Gasteiger partial charge in [-0.2, -0.15) is 0 Å². The van der Waals surface area contributed by atoms with Crippen molar-refractivity contribution in [2.45, 2.75) is 24.9 Å². The molecule has 7 nitrogen and oxygen atoms in total. The number of carbonyl (C=O) groups is 2. The number of likely N-dealkylation sites (tertiary alicyclic amines) is 1. The molecule has 3 heterocycles. The molecular weight excluding hydrogens is 377 g/mol. The van der Waals surface area contributed by atoms with Crippen molar-refractivity contribution in [3.63, 3.8) is 0 Å². The standard InChI is InChI=1S/C21H22FN3O4/c22-16-3-1-4-17(10-16)25-14-21(29-13-19(25)27)5-2-7-24(8-6-21)20(28)15-9-18(26)12-23-11-15/h1,3-4,9-12,26H,2,5-8,13-14H2. The Morgan fingerprint density at radius 3 is 2.86 bits per heavy atom. The molecule has 1 aromatic carbocycles. The topological polar surface area (TPSA) is 83.0 Å². The molecule has 152 valence electrons. The molecule has 0 aliphatic carbocycles. The van der Waals surface area contributed by atoms with Crippen LogP contribution in [0, 0.1) is 5.82 Å². The monoisotopic (exact) mass is 399 g/mol. The van der Waals surface area contributed by atoms with Gasteiger partial charge in [0.2, 0.25) is 0 Å². The Balaban J connectivity index is 1.49. The van der Waals surface area contributed by atoms with E-state index in [0.29, 0.717) is 50.1 Å². The predicted octanol–water partition coefficient (Wildman–Crippen LogP) is 2.35. The summed E-state index contributed by atoms with van der Waals surface area (Å²) in [7, 11) is 0. The van der Waals surface area contributed by atoms with Crippen molar-refractivity contribution in [3.8, 4) is 5.75 Å². The van der Waals surface area contributed by atoms with Crippen molar-refractivity contribution < 1.29 is 23.8 Å². The van der Waals surface area contributed by atoms with E-state index >= 15 is 0 Å². The van der Waals surface area contributed by atoms with E-state index < -0.39 is 11.4 Å². The summed E-state index contributed by atoms with van der Waals surface area (Å²) in [5, 5.41) is 9.58. The fourth-order valence-electron chi connectivity index (χ4n) is 3.99. The number of aromatic hydroxyl groups is 1. The average molecular weight is 399 g/mol. The number of nitrogens with zero attached hydrogens (tertiary/aromatic N) is 3. The Bertz CT molecular complexity index is 938. The van der Waals surface area contributed by atoms with Gasteiger partial charge in [-0.15, -0.1) is 0 Å². The maximum Gasteiger partial charge on any atom is 0.255 e. The van der Waals surface area contributed by atoms with Gasteiger partial charge in [0.15, 0.2) is 0 Å². The van der Waals surface area contributed by atoms with Crippen molar-refractivity contribution in [1.29, 1.82) is 0 Å². The zero-order valence-corrected chi connectivity index (χ0v) is 15.9. The van der Waals surface area contributed by atoms with Crippen molar-refractivity contribution in [3.05, 3.63) is 54.1 Å². The number of rotatable bonds is 2. The van der Waals surface area contributed by atoms with E-state index in [4.69, 9.17) is 4.74 Å². The number of halogens is 1. The first kappa shape index (κ1) is 19.3. The highest BCUT2D eigenvalue weighted by molar-refractivity contribution is 5.95. The van der Waals surface area contributed by atoms with Gasteiger partial charge in [0, 0.05) is 25.0 Å². The summed E-state index contributed by atoms with van der Waals surface area (Å²) in [5.41, 5.74) is 0.273. The maximum absolute atomic E-state index is 13.6. The lowest BCUT2D eigenvalue weighted by Gasteiger charge is -2.42. The Labute approximate surface area is 167 Å². The van der Waals surface area contributed by atoms with Gasteiger partial charge in [0.25, 0.3) is 11.8 Å². The third-order valence-electron chi connectivity index (χ3n) is 5.52. The number of hydrogen-bond acceptors (Lipinski definition) is 5. The normalized spacial score (nSPS) is 22.6. The van der Waals surface area contributed by atoms with Crippen molar-refractivity contribution in [2.75, 3.05) is 31.1 Å². The van der Waals surface area contributed by atoms with Crippen LogP contribution in [0.1, 0.15) is 29.6 Å². The summed E-state index contributed by atoms with van der Waals surface area (Å²) < 4.78 is 19.6. The predicted molar refractivity (Wildman–Crippen MR) is 103 cm³/mol. The van der Waals surface area contributed by atoms with E-state index in [-0.39, 0.29) is 24.2 Å². The zero-order valence-electron chi connectivity index (χ0n) is 15.9. The highest BCUT2D eigenvalue weighted by Crippen LogP contribution is 2.33. The van der Waals surface area contributed by atoms with E-state index in [9.17, 15) is 19.1 Å². The number of aromatic nitrogens is 1. The Morgan fingerprint density at radius 1 is 1.21 bits per heavy atom. The summed E-state index contributed by atoms with van der Waals surface area (Å²) >= 11 is 0. The van der Waals surface area contributed by atoms with Crippen LogP contribution in [0.3, 0.4) is 0 Å². The van der Waals surface area contributed by atoms with Crippen molar-refractivity contribution in [1.82, 2.24) is 9.88 Å². The van der Waals surface area contributed by atoms with E-state index in [1.807, 2.05) is 0 Å². The second-order valence-corrected chi connectivity index (χ2v) is 7.51. The zero-order chi connectivity index (χ0) is 20.4. The molecule has 8 heteroatoms. The van der Waals surface area contributed by atoms with Crippen LogP contribution < -0.4 is 4.90 Å². The second kappa shape index (κ2) is 7.79. The Morgan fingerprint density at radius 2 is 2.07 bits per heavy atom. The largest absolute Gasteiger partial charge is 0.506 e. The summed E-state index contributed by atoms with van der Waals surface area (Å²) in [6, 6.07) is 7.38. The second-order valence-electron chi connectivity index (χ2n) is 7.51. The molecule has 2 amide bonds. The first-order valence-electron chi connectivity index (χ1n) is 9.59. The minimum atomic E-state index is -0.577. The molecule has 2 saturated heterocycles. The quantitative estimate of drug-likeness (QED) is 0.838. The van der Waals surface area contributed by atoms with Gasteiger partial charge in [0.1, 0.15) is 18.2 Å². The first-order valence-corrected chi connectivity index (χ1v) is 9.59. The Kier molecular flexibility index (Phi) is 5.19. The molecule has 2 aliphatic heterocycles. The molecule has 29 heavy (non-hydrogen) atoms. The fourth-order valence-corrected chi connectivity index (χ4v) is 3.99. The Hall–Kier alpha value is -3.00. The third kappa shape index (κ3) is 4.07. The molecule has 1 aromatic heterocycles. The van der Waals surface area contributed by atoms with Crippen LogP contribution in [0.15, 0.2) is 42.7 Å². The summed E-state index contributed by atoms with van der Waals surface area (Å²) in [5.74, 6) is -0.848. The number of hydrogen-bond donors (Lipinski definition) is 1. The van der Waals surface area contributed by atoms with Crippen LogP contribution in [0.2, 0.25) is 0 Å². The minimum Gasteiger partial charge on any atom is -0.506 e.